The van der Waals surface area contributed by atoms with Crippen LogP contribution in [0.15, 0.2) is 48.7 Å². The van der Waals surface area contributed by atoms with Gasteiger partial charge in [-0.3, -0.25) is 0 Å². The van der Waals surface area contributed by atoms with Gasteiger partial charge in [0.15, 0.2) is 0 Å². The second-order valence-electron chi connectivity index (χ2n) is 5.93. The monoisotopic (exact) mass is 408 g/mol. The van der Waals surface area contributed by atoms with Crippen LogP contribution in [-0.2, 0) is 12.6 Å². The first-order valence-electron chi connectivity index (χ1n) is 8.35. The molecular weight excluding hydrogens is 393 g/mol. The van der Waals surface area contributed by atoms with Crippen molar-refractivity contribution in [3.63, 3.8) is 0 Å². The van der Waals surface area contributed by atoms with E-state index in [0.29, 0.717) is 29.1 Å². The van der Waals surface area contributed by atoms with Crippen molar-refractivity contribution in [3.05, 3.63) is 70.8 Å². The largest absolute Gasteiger partial charge is 0.439 e. The molecule has 28 heavy (non-hydrogen) atoms. The number of aromatic nitrogens is 3. The Hall–Kier alpha value is -2.87. The zero-order valence-electron chi connectivity index (χ0n) is 14.8. The van der Waals surface area contributed by atoms with Crippen LogP contribution in [-0.4, -0.2) is 21.5 Å². The third-order valence-corrected chi connectivity index (χ3v) is 3.93. The van der Waals surface area contributed by atoms with Gasteiger partial charge in [-0.2, -0.15) is 13.2 Å². The Morgan fingerprint density at radius 2 is 1.82 bits per heavy atom. The van der Waals surface area contributed by atoms with Crippen molar-refractivity contribution in [3.8, 4) is 11.6 Å². The molecule has 0 amide bonds. The fraction of sp³-hybridized carbons (Fsp3) is 0.211. The van der Waals surface area contributed by atoms with Gasteiger partial charge in [0.05, 0.1) is 5.56 Å². The summed E-state index contributed by atoms with van der Waals surface area (Å²) >= 11 is 5.90. The van der Waals surface area contributed by atoms with Crippen LogP contribution in [0, 0.1) is 6.92 Å². The summed E-state index contributed by atoms with van der Waals surface area (Å²) in [5.74, 6) is 1.83. The molecule has 0 fully saturated rings. The van der Waals surface area contributed by atoms with Crippen molar-refractivity contribution in [1.82, 2.24) is 15.0 Å². The Labute approximate surface area is 164 Å². The highest BCUT2D eigenvalue weighted by Gasteiger charge is 2.30. The van der Waals surface area contributed by atoms with Crippen LogP contribution in [0.5, 0.6) is 11.6 Å². The number of benzene rings is 1. The van der Waals surface area contributed by atoms with Crippen molar-refractivity contribution < 1.29 is 17.9 Å². The number of aryl methyl sites for hydroxylation is 1. The highest BCUT2D eigenvalue weighted by atomic mass is 35.5. The van der Waals surface area contributed by atoms with E-state index in [1.54, 1.807) is 25.1 Å². The zero-order valence-corrected chi connectivity index (χ0v) is 15.6. The van der Waals surface area contributed by atoms with Crippen molar-refractivity contribution in [1.29, 1.82) is 0 Å². The number of hydrogen-bond acceptors (Lipinski definition) is 5. The molecule has 2 aromatic heterocycles. The SMILES string of the molecule is Cc1nc(Cl)cc(NCCc2ccc(Oc3ccc(C(F)(F)F)cn3)cc2)n1. The summed E-state index contributed by atoms with van der Waals surface area (Å²) in [5.41, 5.74) is 0.236. The van der Waals surface area contributed by atoms with Crippen molar-refractivity contribution in [2.24, 2.45) is 0 Å². The summed E-state index contributed by atoms with van der Waals surface area (Å²) in [7, 11) is 0. The molecule has 0 unspecified atom stereocenters. The summed E-state index contributed by atoms with van der Waals surface area (Å²) in [5, 5.41) is 3.56. The lowest BCUT2D eigenvalue weighted by atomic mass is 10.1. The molecule has 0 saturated carbocycles. The minimum Gasteiger partial charge on any atom is -0.439 e. The number of halogens is 4. The second kappa shape index (κ2) is 8.43. The number of nitrogens with one attached hydrogen (secondary N) is 1. The van der Waals surface area contributed by atoms with Gasteiger partial charge in [0, 0.05) is 24.9 Å². The van der Waals surface area contributed by atoms with E-state index in [0.717, 1.165) is 24.2 Å². The van der Waals surface area contributed by atoms with Crippen molar-refractivity contribution in [2.45, 2.75) is 19.5 Å². The number of pyridine rings is 1. The third kappa shape index (κ3) is 5.56. The fourth-order valence-electron chi connectivity index (χ4n) is 2.41. The van der Waals surface area contributed by atoms with E-state index in [2.05, 4.69) is 20.3 Å². The Bertz CT molecular complexity index is 911. The van der Waals surface area contributed by atoms with Gasteiger partial charge in [0.25, 0.3) is 0 Å². The van der Waals surface area contributed by atoms with E-state index in [1.165, 1.54) is 6.07 Å². The summed E-state index contributed by atoms with van der Waals surface area (Å²) in [6.07, 6.45) is -2.94. The molecule has 0 atom stereocenters. The number of rotatable bonds is 6. The molecule has 3 rings (SSSR count). The highest BCUT2D eigenvalue weighted by Crippen LogP contribution is 2.30. The van der Waals surface area contributed by atoms with E-state index in [4.69, 9.17) is 16.3 Å². The molecule has 0 aliphatic rings. The lowest BCUT2D eigenvalue weighted by Crippen LogP contribution is -2.07. The average Bonchev–Trinajstić information content (AvgIpc) is 2.62. The van der Waals surface area contributed by atoms with E-state index in [-0.39, 0.29) is 5.88 Å². The molecule has 1 aromatic carbocycles. The van der Waals surface area contributed by atoms with Gasteiger partial charge in [-0.05, 0) is 37.1 Å². The van der Waals surface area contributed by atoms with E-state index < -0.39 is 11.7 Å². The van der Waals surface area contributed by atoms with Crippen LogP contribution in [0.1, 0.15) is 17.0 Å². The van der Waals surface area contributed by atoms with Crippen LogP contribution in [0.25, 0.3) is 0 Å². The maximum Gasteiger partial charge on any atom is 0.417 e. The van der Waals surface area contributed by atoms with Gasteiger partial charge in [-0.25, -0.2) is 15.0 Å². The van der Waals surface area contributed by atoms with Crippen molar-refractivity contribution >= 4 is 17.4 Å². The first kappa shape index (κ1) is 19.9. The Balaban J connectivity index is 1.53. The first-order valence-corrected chi connectivity index (χ1v) is 8.72. The quantitative estimate of drug-likeness (QED) is 0.561. The van der Waals surface area contributed by atoms with Gasteiger partial charge in [0.2, 0.25) is 5.88 Å². The fourth-order valence-corrected chi connectivity index (χ4v) is 2.64. The topological polar surface area (TPSA) is 59.9 Å². The lowest BCUT2D eigenvalue weighted by molar-refractivity contribution is -0.137. The molecule has 5 nitrogen and oxygen atoms in total. The number of ether oxygens (including phenoxy) is 1. The molecule has 0 radical (unpaired) electrons. The van der Waals surface area contributed by atoms with Gasteiger partial charge in [0.1, 0.15) is 22.5 Å². The zero-order chi connectivity index (χ0) is 20.1. The lowest BCUT2D eigenvalue weighted by Gasteiger charge is -2.09. The average molecular weight is 409 g/mol. The molecule has 0 spiro atoms. The maximum atomic E-state index is 12.5. The number of anilines is 1. The smallest absolute Gasteiger partial charge is 0.417 e. The van der Waals surface area contributed by atoms with Gasteiger partial charge < -0.3 is 10.1 Å². The predicted molar refractivity (Wildman–Crippen MR) is 99.7 cm³/mol. The molecule has 9 heteroatoms. The molecule has 0 aliphatic carbocycles. The summed E-state index contributed by atoms with van der Waals surface area (Å²) in [6.45, 7) is 2.41. The maximum absolute atomic E-state index is 12.5. The standard InChI is InChI=1S/C19H16ClF3N4O/c1-12-26-16(20)10-17(27-12)24-9-8-13-2-5-15(6-3-13)28-18-7-4-14(11-25-18)19(21,22)23/h2-7,10-11H,8-9H2,1H3,(H,24,26,27). The molecule has 0 saturated heterocycles. The molecule has 146 valence electrons. The van der Waals surface area contributed by atoms with Crippen molar-refractivity contribution in [2.75, 3.05) is 11.9 Å². The van der Waals surface area contributed by atoms with Crippen LogP contribution in [0.3, 0.4) is 0 Å². The number of nitrogens with zero attached hydrogens (tertiary/aromatic N) is 3. The molecule has 0 bridgehead atoms. The van der Waals surface area contributed by atoms with Gasteiger partial charge in [-0.15, -0.1) is 0 Å². The number of alkyl halides is 3. The van der Waals surface area contributed by atoms with E-state index >= 15 is 0 Å². The molecule has 2 heterocycles. The normalized spacial score (nSPS) is 11.3. The highest BCUT2D eigenvalue weighted by molar-refractivity contribution is 6.29. The minimum absolute atomic E-state index is 0.0958. The summed E-state index contributed by atoms with van der Waals surface area (Å²) in [6, 6.07) is 11.0. The summed E-state index contributed by atoms with van der Waals surface area (Å²) < 4.78 is 43.1. The molecule has 1 N–H and O–H groups in total. The van der Waals surface area contributed by atoms with Crippen LogP contribution in [0.4, 0.5) is 19.0 Å². The molecular formula is C19H16ClF3N4O. The Morgan fingerprint density at radius 1 is 1.07 bits per heavy atom. The van der Waals surface area contributed by atoms with E-state index in [9.17, 15) is 13.2 Å². The first-order chi connectivity index (χ1) is 13.3. The second-order valence-corrected chi connectivity index (χ2v) is 6.32. The van der Waals surface area contributed by atoms with Crippen LogP contribution < -0.4 is 10.1 Å². The van der Waals surface area contributed by atoms with Gasteiger partial charge in [-0.1, -0.05) is 23.7 Å². The third-order valence-electron chi connectivity index (χ3n) is 3.74. The van der Waals surface area contributed by atoms with Crippen LogP contribution >= 0.6 is 11.6 Å². The number of hydrogen-bond donors (Lipinski definition) is 1. The Morgan fingerprint density at radius 3 is 2.43 bits per heavy atom. The van der Waals surface area contributed by atoms with Crippen LogP contribution in [0.2, 0.25) is 5.15 Å². The minimum atomic E-state index is -4.42. The molecule has 0 aliphatic heterocycles. The summed E-state index contributed by atoms with van der Waals surface area (Å²) in [4.78, 5) is 11.9. The van der Waals surface area contributed by atoms with Gasteiger partial charge >= 0.3 is 6.18 Å². The van der Waals surface area contributed by atoms with E-state index in [1.807, 2.05) is 12.1 Å². The molecule has 3 aromatic rings. The predicted octanol–water partition coefficient (Wildman–Crippen LogP) is 5.30. The Kier molecular flexibility index (Phi) is 5.99.